The number of hydrogen-bond acceptors (Lipinski definition) is 1. The molecule has 2 aliphatic carbocycles. The number of allylic oxidation sites excluding steroid dienone is 4. The lowest BCUT2D eigenvalue weighted by molar-refractivity contribution is 0.190. The minimum atomic E-state index is -0.723. The van der Waals surface area contributed by atoms with Gasteiger partial charge in [-0.05, 0) is 75.2 Å². The Morgan fingerprint density at radius 3 is 2.46 bits per heavy atom. The highest BCUT2D eigenvalue weighted by molar-refractivity contribution is 5.67. The molecule has 152 valence electrons. The van der Waals surface area contributed by atoms with Crippen LogP contribution in [0, 0.1) is 29.4 Å². The summed E-state index contributed by atoms with van der Waals surface area (Å²) in [4.78, 5) is 0. The fourth-order valence-electron chi connectivity index (χ4n) is 5.26. The van der Waals surface area contributed by atoms with Crippen LogP contribution in [0.4, 0.5) is 8.78 Å². The second kappa shape index (κ2) is 8.90. The molecule has 1 aliphatic heterocycles. The van der Waals surface area contributed by atoms with Crippen LogP contribution in [0.1, 0.15) is 81.9 Å². The molecule has 3 heteroatoms. The van der Waals surface area contributed by atoms with Gasteiger partial charge < -0.3 is 4.74 Å². The first-order valence-electron chi connectivity index (χ1n) is 11.1. The van der Waals surface area contributed by atoms with Crippen molar-refractivity contribution in [2.75, 3.05) is 6.61 Å². The van der Waals surface area contributed by atoms with Crippen LogP contribution in [0.25, 0.3) is 5.57 Å². The molecular weight excluding hydrogens is 354 g/mol. The Balaban J connectivity index is 1.33. The molecule has 0 N–H and O–H groups in total. The molecule has 2 atom stereocenters. The smallest absolute Gasteiger partial charge is 0.166 e. The lowest BCUT2D eigenvalue weighted by Crippen LogP contribution is -2.23. The van der Waals surface area contributed by atoms with Crippen molar-refractivity contribution in [2.45, 2.75) is 70.8 Å². The summed E-state index contributed by atoms with van der Waals surface area (Å²) in [7, 11) is 0. The van der Waals surface area contributed by atoms with Crippen LogP contribution >= 0.6 is 0 Å². The van der Waals surface area contributed by atoms with Gasteiger partial charge in [-0.3, -0.25) is 0 Å². The molecule has 4 rings (SSSR count). The molecular formula is C25H32F2O. The van der Waals surface area contributed by atoms with Crippen LogP contribution in [-0.2, 0) is 4.74 Å². The van der Waals surface area contributed by atoms with Crippen LogP contribution in [0.5, 0.6) is 0 Å². The third-order valence-corrected chi connectivity index (χ3v) is 7.13. The van der Waals surface area contributed by atoms with Gasteiger partial charge in [-0.15, -0.1) is 0 Å². The van der Waals surface area contributed by atoms with Crippen LogP contribution in [0.15, 0.2) is 30.4 Å². The third kappa shape index (κ3) is 4.40. The van der Waals surface area contributed by atoms with Gasteiger partial charge in [0.1, 0.15) is 6.10 Å². The van der Waals surface area contributed by atoms with E-state index < -0.39 is 11.6 Å². The Morgan fingerprint density at radius 2 is 1.82 bits per heavy atom. The summed E-state index contributed by atoms with van der Waals surface area (Å²) in [6, 6.07) is 3.45. The number of epoxide rings is 1. The van der Waals surface area contributed by atoms with Crippen LogP contribution in [0.2, 0.25) is 0 Å². The predicted octanol–water partition coefficient (Wildman–Crippen LogP) is 7.38. The van der Waals surface area contributed by atoms with E-state index in [0.29, 0.717) is 23.7 Å². The minimum absolute atomic E-state index is 0.249. The molecule has 1 aromatic carbocycles. The zero-order valence-electron chi connectivity index (χ0n) is 16.9. The molecule has 0 aromatic heterocycles. The molecule has 2 fully saturated rings. The number of ether oxygens (including phenoxy) is 1. The Kier molecular flexibility index (Phi) is 6.30. The van der Waals surface area contributed by atoms with Crippen molar-refractivity contribution in [1.29, 1.82) is 0 Å². The fourth-order valence-corrected chi connectivity index (χ4v) is 5.26. The lowest BCUT2D eigenvalue weighted by Gasteiger charge is -2.35. The van der Waals surface area contributed by atoms with E-state index in [9.17, 15) is 8.78 Å². The van der Waals surface area contributed by atoms with E-state index in [1.54, 1.807) is 12.1 Å². The van der Waals surface area contributed by atoms with Crippen molar-refractivity contribution in [3.8, 4) is 0 Å². The van der Waals surface area contributed by atoms with E-state index >= 15 is 0 Å². The summed E-state index contributed by atoms with van der Waals surface area (Å²) in [6.07, 6.45) is 17.3. The standard InChI is InChI=1S/C25H32F2O/c1-2-3-4-5-17-6-8-18(9-7-17)19-10-12-20(13-11-19)21-14-15-22(23-16-28-23)25(27)24(21)26/h2-3,12,14-15,17-19,23H,4-11,13,16H2,1H3/b3-2+. The predicted molar refractivity (Wildman–Crippen MR) is 110 cm³/mol. The van der Waals surface area contributed by atoms with Gasteiger partial charge in [-0.25, -0.2) is 8.78 Å². The molecule has 1 nitrogen and oxygen atoms in total. The number of halogens is 2. The second-order valence-electron chi connectivity index (χ2n) is 8.84. The van der Waals surface area contributed by atoms with E-state index in [-0.39, 0.29) is 6.10 Å². The SMILES string of the molecule is C/C=C/CCC1CCC(C2CC=C(c3ccc(C4CO4)c(F)c3F)CC2)CC1. The first kappa shape index (κ1) is 19.8. The molecule has 2 unspecified atom stereocenters. The van der Waals surface area contributed by atoms with Crippen molar-refractivity contribution in [2.24, 2.45) is 17.8 Å². The molecule has 1 saturated heterocycles. The zero-order valence-corrected chi connectivity index (χ0v) is 16.9. The monoisotopic (exact) mass is 386 g/mol. The van der Waals surface area contributed by atoms with Crippen LogP contribution in [0.3, 0.4) is 0 Å². The number of hydrogen-bond donors (Lipinski definition) is 0. The summed E-state index contributed by atoms with van der Waals surface area (Å²) >= 11 is 0. The average molecular weight is 387 g/mol. The van der Waals surface area contributed by atoms with Gasteiger partial charge in [0.25, 0.3) is 0 Å². The molecule has 1 aromatic rings. The highest BCUT2D eigenvalue weighted by Gasteiger charge is 2.32. The summed E-state index contributed by atoms with van der Waals surface area (Å²) in [5, 5.41) is 0. The Morgan fingerprint density at radius 1 is 1.04 bits per heavy atom. The normalized spacial score (nSPS) is 30.5. The lowest BCUT2D eigenvalue weighted by atomic mass is 9.70. The van der Waals surface area contributed by atoms with Crippen molar-refractivity contribution < 1.29 is 13.5 Å². The molecule has 0 spiro atoms. The van der Waals surface area contributed by atoms with Gasteiger partial charge in [-0.1, -0.05) is 43.2 Å². The topological polar surface area (TPSA) is 12.5 Å². The van der Waals surface area contributed by atoms with Crippen LogP contribution in [-0.4, -0.2) is 6.61 Å². The van der Waals surface area contributed by atoms with E-state index in [1.807, 2.05) is 0 Å². The third-order valence-electron chi connectivity index (χ3n) is 7.13. The van der Waals surface area contributed by atoms with E-state index in [1.165, 1.54) is 38.5 Å². The Labute approximate surface area is 167 Å². The average Bonchev–Trinajstić information content (AvgIpc) is 3.56. The van der Waals surface area contributed by atoms with Gasteiger partial charge in [0.2, 0.25) is 0 Å². The maximum Gasteiger partial charge on any atom is 0.166 e. The van der Waals surface area contributed by atoms with Crippen molar-refractivity contribution in [3.05, 3.63) is 53.1 Å². The summed E-state index contributed by atoms with van der Waals surface area (Å²) < 4.78 is 34.0. The highest BCUT2D eigenvalue weighted by atomic mass is 19.2. The Hall–Kier alpha value is -1.48. The molecule has 1 saturated carbocycles. The molecule has 0 amide bonds. The molecule has 0 bridgehead atoms. The van der Waals surface area contributed by atoms with Crippen molar-refractivity contribution in [1.82, 2.24) is 0 Å². The molecule has 28 heavy (non-hydrogen) atoms. The number of rotatable bonds is 6. The zero-order chi connectivity index (χ0) is 19.5. The minimum Gasteiger partial charge on any atom is -0.368 e. The highest BCUT2D eigenvalue weighted by Crippen LogP contribution is 2.43. The van der Waals surface area contributed by atoms with E-state index in [2.05, 4.69) is 25.2 Å². The van der Waals surface area contributed by atoms with Gasteiger partial charge >= 0.3 is 0 Å². The molecule has 1 heterocycles. The second-order valence-corrected chi connectivity index (χ2v) is 8.84. The van der Waals surface area contributed by atoms with Gasteiger partial charge in [0.15, 0.2) is 11.6 Å². The Bertz CT molecular complexity index is 739. The summed E-state index contributed by atoms with van der Waals surface area (Å²) in [5.41, 5.74) is 1.80. The van der Waals surface area contributed by atoms with E-state index in [0.717, 1.165) is 36.7 Å². The van der Waals surface area contributed by atoms with E-state index in [4.69, 9.17) is 4.74 Å². The van der Waals surface area contributed by atoms with Gasteiger partial charge in [-0.2, -0.15) is 0 Å². The molecule has 3 aliphatic rings. The number of benzene rings is 1. The van der Waals surface area contributed by atoms with Crippen LogP contribution < -0.4 is 0 Å². The first-order chi connectivity index (χ1) is 13.7. The maximum absolute atomic E-state index is 14.6. The summed E-state index contributed by atoms with van der Waals surface area (Å²) in [6.45, 7) is 2.59. The first-order valence-corrected chi connectivity index (χ1v) is 11.1. The maximum atomic E-state index is 14.6. The van der Waals surface area contributed by atoms with Crippen molar-refractivity contribution >= 4 is 5.57 Å². The molecule has 0 radical (unpaired) electrons. The quantitative estimate of drug-likeness (QED) is 0.367. The fraction of sp³-hybridized carbons (Fsp3) is 0.600. The summed E-state index contributed by atoms with van der Waals surface area (Å²) in [5.74, 6) is 1.01. The van der Waals surface area contributed by atoms with Gasteiger partial charge in [0, 0.05) is 11.1 Å². The van der Waals surface area contributed by atoms with Gasteiger partial charge in [0.05, 0.1) is 6.61 Å². The van der Waals surface area contributed by atoms with Crippen molar-refractivity contribution in [3.63, 3.8) is 0 Å². The largest absolute Gasteiger partial charge is 0.368 e.